The summed E-state index contributed by atoms with van der Waals surface area (Å²) in [5, 5.41) is 10.6. The number of allylic oxidation sites excluding steroid dienone is 34. The highest BCUT2D eigenvalue weighted by Gasteiger charge is 2.30. The van der Waals surface area contributed by atoms with Crippen LogP contribution in [-0.4, -0.2) is 96.7 Å². The van der Waals surface area contributed by atoms with Gasteiger partial charge in [-0.3, -0.25) is 37.3 Å². The summed E-state index contributed by atoms with van der Waals surface area (Å²) in [6.07, 6.45) is 98.4. The molecule has 19 heteroatoms. The highest BCUT2D eigenvalue weighted by atomic mass is 31.2. The van der Waals surface area contributed by atoms with E-state index in [9.17, 15) is 43.2 Å². The van der Waals surface area contributed by atoms with Gasteiger partial charge in [-0.2, -0.15) is 0 Å². The Morgan fingerprint density at radius 3 is 0.787 bits per heavy atom. The Morgan fingerprint density at radius 2 is 0.500 bits per heavy atom. The van der Waals surface area contributed by atoms with E-state index in [1.54, 1.807) is 0 Å². The Labute approximate surface area is 652 Å². The van der Waals surface area contributed by atoms with Gasteiger partial charge in [-0.1, -0.05) is 292 Å². The number of carbonyl (C=O) groups is 4. The molecule has 0 aliphatic rings. The van der Waals surface area contributed by atoms with Crippen LogP contribution in [0.1, 0.15) is 272 Å². The molecule has 0 saturated heterocycles. The molecule has 0 aliphatic heterocycles. The van der Waals surface area contributed by atoms with Crippen molar-refractivity contribution in [3.63, 3.8) is 0 Å². The number of rotatable bonds is 73. The van der Waals surface area contributed by atoms with Gasteiger partial charge < -0.3 is 33.8 Å². The number of hydrogen-bond acceptors (Lipinski definition) is 15. The van der Waals surface area contributed by atoms with Crippen molar-refractivity contribution in [1.82, 2.24) is 0 Å². The number of esters is 4. The highest BCUT2D eigenvalue weighted by molar-refractivity contribution is 7.47. The predicted molar refractivity (Wildman–Crippen MR) is 445 cm³/mol. The maximum absolute atomic E-state index is 13.1. The zero-order valence-corrected chi connectivity index (χ0v) is 68.2. The molecule has 0 rings (SSSR count). The van der Waals surface area contributed by atoms with E-state index in [1.165, 1.54) is 6.42 Å². The van der Waals surface area contributed by atoms with E-state index in [0.717, 1.165) is 173 Å². The number of carbonyl (C=O) groups excluding carboxylic acids is 4. The summed E-state index contributed by atoms with van der Waals surface area (Å²) in [4.78, 5) is 73.0. The first-order valence-corrected chi connectivity index (χ1v) is 43.3. The molecule has 0 aromatic heterocycles. The van der Waals surface area contributed by atoms with Crippen LogP contribution in [0, 0.1) is 0 Å². The third kappa shape index (κ3) is 77.8. The maximum atomic E-state index is 13.1. The lowest BCUT2D eigenvalue weighted by Gasteiger charge is -2.21. The fourth-order valence-corrected chi connectivity index (χ4v) is 11.3. The van der Waals surface area contributed by atoms with Crippen molar-refractivity contribution in [2.24, 2.45) is 0 Å². The molecule has 0 spiro atoms. The van der Waals surface area contributed by atoms with E-state index in [-0.39, 0.29) is 25.7 Å². The molecule has 0 bridgehead atoms. The van der Waals surface area contributed by atoms with Gasteiger partial charge in [0.1, 0.15) is 19.3 Å². The van der Waals surface area contributed by atoms with E-state index < -0.39 is 97.5 Å². The summed E-state index contributed by atoms with van der Waals surface area (Å²) in [5.41, 5.74) is 0. The number of aliphatic hydroxyl groups is 1. The second-order valence-electron chi connectivity index (χ2n) is 25.9. The van der Waals surface area contributed by atoms with Gasteiger partial charge in [0.25, 0.3) is 0 Å². The molecule has 0 amide bonds. The number of hydrogen-bond donors (Lipinski definition) is 3. The largest absolute Gasteiger partial charge is 0.472 e. The second-order valence-corrected chi connectivity index (χ2v) is 28.8. The molecule has 0 aromatic carbocycles. The van der Waals surface area contributed by atoms with Gasteiger partial charge >= 0.3 is 39.5 Å². The monoisotopic (exact) mass is 1540 g/mol. The van der Waals surface area contributed by atoms with Crippen molar-refractivity contribution in [1.29, 1.82) is 0 Å². The van der Waals surface area contributed by atoms with Crippen molar-refractivity contribution >= 4 is 39.5 Å². The third-order valence-electron chi connectivity index (χ3n) is 15.8. The zero-order chi connectivity index (χ0) is 78.9. The van der Waals surface area contributed by atoms with Gasteiger partial charge in [0, 0.05) is 25.7 Å². The molecule has 17 nitrogen and oxygen atoms in total. The number of ether oxygens (including phenoxy) is 4. The average Bonchev–Trinajstić information content (AvgIpc) is 0.899. The number of phosphoric ester groups is 2. The van der Waals surface area contributed by atoms with Gasteiger partial charge in [0.15, 0.2) is 12.2 Å². The zero-order valence-electron chi connectivity index (χ0n) is 66.4. The lowest BCUT2D eigenvalue weighted by atomic mass is 10.1. The Morgan fingerprint density at radius 1 is 0.269 bits per heavy atom. The van der Waals surface area contributed by atoms with Crippen LogP contribution in [0.15, 0.2) is 207 Å². The molecule has 5 atom stereocenters. The summed E-state index contributed by atoms with van der Waals surface area (Å²) < 4.78 is 68.4. The van der Waals surface area contributed by atoms with E-state index >= 15 is 0 Å². The summed E-state index contributed by atoms with van der Waals surface area (Å²) in [7, 11) is -10.0. The average molecular weight is 1540 g/mol. The Kier molecular flexibility index (Phi) is 74.1. The van der Waals surface area contributed by atoms with Gasteiger partial charge in [-0.25, -0.2) is 9.13 Å². The highest BCUT2D eigenvalue weighted by Crippen LogP contribution is 2.45. The van der Waals surface area contributed by atoms with Crippen LogP contribution in [-0.2, 0) is 65.4 Å². The standard InChI is InChI=1S/C89H140O17P2/c1-5-9-13-17-21-25-29-32-35-38-41-44-47-50-54-57-61-65-69-73-86(91)99-79-84(105-88(93)75-71-67-63-59-53-28-24-20-16-12-8-4)81-103-107(95,96)101-77-83(90)78-102-108(97,98)104-82-85(106-89(94)76-72-68-64-60-56-52-49-46-43-40-37-34-31-27-23-19-15-11-7-3)80-100-87(92)74-70-66-62-58-55-51-48-45-42-39-36-33-30-26-22-18-14-10-6-2/h9-11,13-15,20-27,32-37,41-46,50-51,54-55,61-62,65-66,83-85,90H,5-8,12,16-19,28-31,38-40,47-49,52-53,56-60,63-64,67-82H2,1-4H3,(H,95,96)(H,97,98)/b13-9-,14-10-,15-11-,24-20-,25-21-,26-22-,27-23-,35-32-,36-33-,37-34-,44-41-,45-42-,46-43-,54-50-,55-51-,65-61-,66-62-. The quantitative estimate of drug-likeness (QED) is 0.0169. The molecule has 0 radical (unpaired) electrons. The van der Waals surface area contributed by atoms with Gasteiger partial charge in [-0.15, -0.1) is 0 Å². The lowest BCUT2D eigenvalue weighted by molar-refractivity contribution is -0.161. The number of aliphatic hydroxyl groups excluding tert-OH is 1. The van der Waals surface area contributed by atoms with Gasteiger partial charge in [-0.05, 0) is 161 Å². The summed E-state index contributed by atoms with van der Waals surface area (Å²) in [5.74, 6) is -2.42. The predicted octanol–water partition coefficient (Wildman–Crippen LogP) is 23.9. The molecule has 0 aliphatic carbocycles. The smallest absolute Gasteiger partial charge is 0.462 e. The van der Waals surface area contributed by atoms with Crippen LogP contribution >= 0.6 is 15.6 Å². The minimum Gasteiger partial charge on any atom is -0.462 e. The Hall–Kier alpha value is -6.36. The number of unbranched alkanes of at least 4 members (excludes halogenated alkanes) is 13. The fourth-order valence-electron chi connectivity index (χ4n) is 9.71. The normalized spacial score (nSPS) is 14.9. The van der Waals surface area contributed by atoms with Crippen LogP contribution in [0.4, 0.5) is 0 Å². The van der Waals surface area contributed by atoms with Crippen LogP contribution in [0.25, 0.3) is 0 Å². The molecule has 0 fully saturated rings. The minimum absolute atomic E-state index is 0.0228. The minimum atomic E-state index is -5.02. The molecular formula is C89H140O17P2. The third-order valence-corrected chi connectivity index (χ3v) is 17.7. The van der Waals surface area contributed by atoms with Crippen molar-refractivity contribution in [2.45, 2.75) is 290 Å². The van der Waals surface area contributed by atoms with Crippen molar-refractivity contribution < 1.29 is 80.2 Å². The van der Waals surface area contributed by atoms with Crippen LogP contribution in [0.2, 0.25) is 0 Å². The molecule has 108 heavy (non-hydrogen) atoms. The number of phosphoric acid groups is 2. The fraction of sp³-hybridized carbons (Fsp3) is 0.573. The Balaban J connectivity index is 5.50. The molecule has 0 aromatic rings. The first-order valence-electron chi connectivity index (χ1n) is 40.3. The molecule has 0 heterocycles. The van der Waals surface area contributed by atoms with E-state index in [1.807, 2.05) is 36.5 Å². The van der Waals surface area contributed by atoms with E-state index in [4.69, 9.17) is 37.0 Å². The summed E-state index contributed by atoms with van der Waals surface area (Å²) in [6.45, 7) is 4.26. The second kappa shape index (κ2) is 78.8. The summed E-state index contributed by atoms with van der Waals surface area (Å²) >= 11 is 0. The van der Waals surface area contributed by atoms with Crippen molar-refractivity contribution in [2.75, 3.05) is 39.6 Å². The first kappa shape index (κ1) is 102. The molecular weight excluding hydrogens is 1400 g/mol. The van der Waals surface area contributed by atoms with Crippen LogP contribution in [0.3, 0.4) is 0 Å². The van der Waals surface area contributed by atoms with E-state index in [2.05, 4.69) is 198 Å². The van der Waals surface area contributed by atoms with E-state index in [0.29, 0.717) is 38.5 Å². The topological polar surface area (TPSA) is 237 Å². The van der Waals surface area contributed by atoms with Gasteiger partial charge in [0.05, 0.1) is 26.4 Å². The summed E-state index contributed by atoms with van der Waals surface area (Å²) in [6, 6.07) is 0. The van der Waals surface area contributed by atoms with Gasteiger partial charge in [0.2, 0.25) is 0 Å². The van der Waals surface area contributed by atoms with Crippen LogP contribution < -0.4 is 0 Å². The first-order chi connectivity index (χ1) is 52.7. The Bertz CT molecular complexity index is 2860. The SMILES string of the molecule is CC/C=C\C/C=C\C/C=C\C/C=C\C/C=C\C/C=C\CCC(=O)OCC(COP(=O)(O)OCC(O)COP(=O)(O)OCC(COC(=O)CC/C=C\C/C=C\C/C=C\C/C=C\C/C=C\C/C=C\CC)OC(=O)CCCCCCCC/C=C\C/C=C\C/C=C\C/C=C\CC)OC(=O)CCCCCCC/C=C\CCCC. The van der Waals surface area contributed by atoms with Crippen LogP contribution in [0.5, 0.6) is 0 Å². The lowest BCUT2D eigenvalue weighted by Crippen LogP contribution is -2.30. The van der Waals surface area contributed by atoms with Crippen molar-refractivity contribution in [3.8, 4) is 0 Å². The molecule has 3 N–H and O–H groups in total. The molecule has 5 unspecified atom stereocenters. The maximum Gasteiger partial charge on any atom is 0.472 e. The molecule has 608 valence electrons. The molecule has 0 saturated carbocycles. The van der Waals surface area contributed by atoms with Crippen molar-refractivity contribution in [3.05, 3.63) is 207 Å².